The summed E-state index contributed by atoms with van der Waals surface area (Å²) in [7, 11) is 0. The van der Waals surface area contributed by atoms with Gasteiger partial charge in [0.25, 0.3) is 5.56 Å². The van der Waals surface area contributed by atoms with E-state index in [1.165, 1.54) is 33.6 Å². The number of carbonyl (C=O) groups excluding carboxylic acids is 1. The van der Waals surface area contributed by atoms with Gasteiger partial charge in [-0.15, -0.1) is 22.0 Å². The molecule has 3 rings (SSSR count). The van der Waals surface area contributed by atoms with Crippen molar-refractivity contribution in [3.05, 3.63) is 51.0 Å². The van der Waals surface area contributed by atoms with Crippen LogP contribution in [0.15, 0.2) is 29.2 Å². The Labute approximate surface area is 158 Å². The number of carbonyl (C=O) groups is 1. The van der Waals surface area contributed by atoms with Crippen LogP contribution in [0.1, 0.15) is 36.0 Å². The van der Waals surface area contributed by atoms with E-state index >= 15 is 0 Å². The molecule has 0 radical (unpaired) electrons. The van der Waals surface area contributed by atoms with Crippen LogP contribution >= 0.6 is 23.1 Å². The minimum absolute atomic E-state index is 0.117. The molecule has 3 aromatic heterocycles. The first-order valence-corrected chi connectivity index (χ1v) is 10.1. The van der Waals surface area contributed by atoms with Gasteiger partial charge in [-0.2, -0.15) is 0 Å². The molecule has 0 aliphatic carbocycles. The van der Waals surface area contributed by atoms with Crippen molar-refractivity contribution in [3.63, 3.8) is 0 Å². The minimum Gasteiger partial charge on any atom is -0.300 e. The molecule has 0 fully saturated rings. The van der Waals surface area contributed by atoms with E-state index in [-0.39, 0.29) is 23.1 Å². The third-order valence-electron chi connectivity index (χ3n) is 3.52. The molecule has 0 aliphatic rings. The Balaban J connectivity index is 1.57. The van der Waals surface area contributed by atoms with Crippen LogP contribution in [0.5, 0.6) is 0 Å². The monoisotopic (exact) mass is 389 g/mol. The molecule has 1 N–H and O–H groups in total. The van der Waals surface area contributed by atoms with E-state index in [2.05, 4.69) is 20.5 Å². The van der Waals surface area contributed by atoms with Crippen LogP contribution in [0.3, 0.4) is 0 Å². The van der Waals surface area contributed by atoms with Gasteiger partial charge in [-0.25, -0.2) is 4.98 Å². The summed E-state index contributed by atoms with van der Waals surface area (Å²) in [5, 5.41) is 12.2. The summed E-state index contributed by atoms with van der Waals surface area (Å²) in [6.45, 7) is 5.99. The average molecular weight is 390 g/mol. The zero-order valence-electron chi connectivity index (χ0n) is 14.7. The van der Waals surface area contributed by atoms with Gasteiger partial charge in [0.1, 0.15) is 10.7 Å². The number of nitrogens with one attached hydrogen (secondary N) is 1. The van der Waals surface area contributed by atoms with Crippen molar-refractivity contribution in [2.24, 2.45) is 0 Å². The molecule has 26 heavy (non-hydrogen) atoms. The van der Waals surface area contributed by atoms with Crippen molar-refractivity contribution in [1.82, 2.24) is 19.6 Å². The third kappa shape index (κ3) is 4.47. The van der Waals surface area contributed by atoms with Crippen molar-refractivity contribution in [1.29, 1.82) is 0 Å². The lowest BCUT2D eigenvalue weighted by Gasteiger charge is -2.05. The number of aromatic nitrogens is 4. The molecule has 0 unspecified atom stereocenters. The highest BCUT2D eigenvalue weighted by Gasteiger charge is 2.11. The quantitative estimate of drug-likeness (QED) is 0.697. The molecule has 0 spiro atoms. The Morgan fingerprint density at radius 1 is 1.35 bits per heavy atom. The van der Waals surface area contributed by atoms with Gasteiger partial charge in [0, 0.05) is 23.9 Å². The number of aryl methyl sites for hydroxylation is 1. The van der Waals surface area contributed by atoms with Gasteiger partial charge in [-0.1, -0.05) is 31.3 Å². The first-order chi connectivity index (χ1) is 12.4. The van der Waals surface area contributed by atoms with E-state index in [4.69, 9.17) is 0 Å². The summed E-state index contributed by atoms with van der Waals surface area (Å²) in [4.78, 5) is 28.7. The molecule has 7 nitrogen and oxygen atoms in total. The molecule has 0 saturated heterocycles. The summed E-state index contributed by atoms with van der Waals surface area (Å²) in [5.74, 6) is 0.885. The number of hydrogen-bond donors (Lipinski definition) is 1. The standard InChI is InChI=1S/C17H19N5O2S2/c1-10(2)16-20-21-17(26-16)19-14(23)9-25-8-12-6-15(24)22-7-11(3)4-5-13(22)18-12/h4-7,10H,8-9H2,1-3H3,(H,19,21,23). The fourth-order valence-corrected chi connectivity index (χ4v) is 3.73. The highest BCUT2D eigenvalue weighted by molar-refractivity contribution is 7.99. The van der Waals surface area contributed by atoms with Gasteiger partial charge < -0.3 is 0 Å². The maximum Gasteiger partial charge on any atom is 0.258 e. The van der Waals surface area contributed by atoms with Crippen LogP contribution in [-0.4, -0.2) is 31.2 Å². The molecule has 0 aliphatic heterocycles. The maximum atomic E-state index is 12.2. The molecule has 0 bridgehead atoms. The molecule has 3 aromatic rings. The summed E-state index contributed by atoms with van der Waals surface area (Å²) in [6.07, 6.45) is 1.77. The first-order valence-electron chi connectivity index (χ1n) is 8.12. The molecule has 3 heterocycles. The number of rotatable bonds is 6. The molecule has 0 saturated carbocycles. The van der Waals surface area contributed by atoms with Crippen LogP contribution in [-0.2, 0) is 10.5 Å². The van der Waals surface area contributed by atoms with Crippen molar-refractivity contribution in [2.75, 3.05) is 11.1 Å². The van der Waals surface area contributed by atoms with Gasteiger partial charge in [-0.05, 0) is 18.6 Å². The predicted molar refractivity (Wildman–Crippen MR) is 105 cm³/mol. The zero-order chi connectivity index (χ0) is 18.7. The number of hydrogen-bond acceptors (Lipinski definition) is 7. The van der Waals surface area contributed by atoms with Crippen molar-refractivity contribution < 1.29 is 4.79 Å². The number of nitrogens with zero attached hydrogens (tertiary/aromatic N) is 4. The summed E-state index contributed by atoms with van der Waals surface area (Å²) in [5.41, 5.74) is 2.15. The highest BCUT2D eigenvalue weighted by atomic mass is 32.2. The van der Waals surface area contributed by atoms with Crippen molar-refractivity contribution in [3.8, 4) is 0 Å². The first kappa shape index (κ1) is 18.5. The molecular formula is C17H19N5O2S2. The highest BCUT2D eigenvalue weighted by Crippen LogP contribution is 2.22. The smallest absolute Gasteiger partial charge is 0.258 e. The van der Waals surface area contributed by atoms with E-state index in [0.717, 1.165) is 10.6 Å². The van der Waals surface area contributed by atoms with Crippen LogP contribution in [0, 0.1) is 6.92 Å². The van der Waals surface area contributed by atoms with Gasteiger partial charge in [0.15, 0.2) is 0 Å². The average Bonchev–Trinajstić information content (AvgIpc) is 3.04. The largest absolute Gasteiger partial charge is 0.300 e. The van der Waals surface area contributed by atoms with Crippen LogP contribution in [0.25, 0.3) is 5.65 Å². The molecule has 9 heteroatoms. The number of thioether (sulfide) groups is 1. The van der Waals surface area contributed by atoms with E-state index in [1.54, 1.807) is 6.20 Å². The lowest BCUT2D eigenvalue weighted by Crippen LogP contribution is -2.16. The van der Waals surface area contributed by atoms with E-state index in [0.29, 0.717) is 22.2 Å². The second-order valence-corrected chi connectivity index (χ2v) is 8.16. The van der Waals surface area contributed by atoms with Crippen LogP contribution in [0.4, 0.5) is 5.13 Å². The van der Waals surface area contributed by atoms with Crippen LogP contribution < -0.4 is 10.9 Å². The Kier molecular flexibility index (Phi) is 5.67. The second kappa shape index (κ2) is 7.96. The number of anilines is 1. The number of pyridine rings is 1. The van der Waals surface area contributed by atoms with E-state index in [9.17, 15) is 9.59 Å². The van der Waals surface area contributed by atoms with E-state index in [1.807, 2.05) is 32.9 Å². The van der Waals surface area contributed by atoms with Crippen molar-refractivity contribution >= 4 is 39.8 Å². The van der Waals surface area contributed by atoms with Gasteiger partial charge >= 0.3 is 0 Å². The topological polar surface area (TPSA) is 89.2 Å². The van der Waals surface area contributed by atoms with E-state index < -0.39 is 0 Å². The minimum atomic E-state index is -0.144. The number of fused-ring (bicyclic) bond motifs is 1. The molecule has 0 atom stereocenters. The molecule has 1 amide bonds. The molecule has 0 aromatic carbocycles. The Hall–Kier alpha value is -2.26. The second-order valence-electron chi connectivity index (χ2n) is 6.16. The Bertz CT molecular complexity index is 996. The Morgan fingerprint density at radius 3 is 2.88 bits per heavy atom. The lowest BCUT2D eigenvalue weighted by molar-refractivity contribution is -0.113. The van der Waals surface area contributed by atoms with Crippen LogP contribution in [0.2, 0.25) is 0 Å². The summed E-state index contributed by atoms with van der Waals surface area (Å²) < 4.78 is 1.53. The molecule has 136 valence electrons. The Morgan fingerprint density at radius 2 is 2.15 bits per heavy atom. The number of amides is 1. The fourth-order valence-electron chi connectivity index (χ4n) is 2.25. The van der Waals surface area contributed by atoms with Gasteiger partial charge in [-0.3, -0.25) is 19.3 Å². The van der Waals surface area contributed by atoms with Crippen molar-refractivity contribution in [2.45, 2.75) is 32.4 Å². The zero-order valence-corrected chi connectivity index (χ0v) is 16.4. The fraction of sp³-hybridized carbons (Fsp3) is 0.353. The lowest BCUT2D eigenvalue weighted by atomic mass is 10.2. The summed E-state index contributed by atoms with van der Waals surface area (Å²) in [6, 6.07) is 5.25. The van der Waals surface area contributed by atoms with Gasteiger partial charge in [0.2, 0.25) is 11.0 Å². The molecular weight excluding hydrogens is 370 g/mol. The van der Waals surface area contributed by atoms with Gasteiger partial charge in [0.05, 0.1) is 11.4 Å². The SMILES string of the molecule is Cc1ccc2nc(CSCC(=O)Nc3nnc(C(C)C)s3)cc(=O)n2c1. The maximum absolute atomic E-state index is 12.2. The normalized spacial score (nSPS) is 11.2. The third-order valence-corrected chi connectivity index (χ3v) is 5.63. The predicted octanol–water partition coefficient (Wildman–Crippen LogP) is 2.85. The summed E-state index contributed by atoms with van der Waals surface area (Å²) >= 11 is 2.78.